The monoisotopic (exact) mass is 266 g/mol. The standard InChI is InChI=1S/C17H34N2/c1-17(2)10-8-16(9-11-17)19(3)13-5-7-15-6-4-12-18-14-15/h15-16,18H,4-14H2,1-3H3. The Morgan fingerprint density at radius 2 is 1.89 bits per heavy atom. The van der Waals surface area contributed by atoms with Crippen molar-refractivity contribution in [2.24, 2.45) is 11.3 Å². The third-order valence-electron chi connectivity index (χ3n) is 5.45. The van der Waals surface area contributed by atoms with Crippen molar-refractivity contribution in [3.05, 3.63) is 0 Å². The predicted molar refractivity (Wildman–Crippen MR) is 83.5 cm³/mol. The molecule has 2 heteroatoms. The number of rotatable bonds is 5. The average molecular weight is 266 g/mol. The fourth-order valence-electron chi connectivity index (χ4n) is 3.81. The Hall–Kier alpha value is -0.0800. The Morgan fingerprint density at radius 3 is 2.53 bits per heavy atom. The zero-order valence-corrected chi connectivity index (χ0v) is 13.4. The van der Waals surface area contributed by atoms with Gasteiger partial charge in [0.1, 0.15) is 0 Å². The Labute approximate surface area is 120 Å². The molecule has 0 aromatic heterocycles. The molecule has 0 amide bonds. The SMILES string of the molecule is CN(CCCC1CCCNC1)C1CCC(C)(C)CC1. The van der Waals surface area contributed by atoms with Gasteiger partial charge in [-0.1, -0.05) is 13.8 Å². The molecule has 1 aliphatic heterocycles. The first-order valence-electron chi connectivity index (χ1n) is 8.48. The molecule has 2 fully saturated rings. The van der Waals surface area contributed by atoms with Gasteiger partial charge >= 0.3 is 0 Å². The second kappa shape index (κ2) is 7.08. The van der Waals surface area contributed by atoms with Crippen LogP contribution in [-0.4, -0.2) is 37.6 Å². The van der Waals surface area contributed by atoms with Crippen LogP contribution < -0.4 is 5.32 Å². The van der Waals surface area contributed by atoms with E-state index in [1.165, 1.54) is 71.0 Å². The molecular formula is C17H34N2. The third-order valence-corrected chi connectivity index (χ3v) is 5.45. The van der Waals surface area contributed by atoms with Gasteiger partial charge in [-0.2, -0.15) is 0 Å². The van der Waals surface area contributed by atoms with Gasteiger partial charge in [-0.3, -0.25) is 0 Å². The van der Waals surface area contributed by atoms with Crippen LogP contribution in [0.25, 0.3) is 0 Å². The maximum absolute atomic E-state index is 3.53. The molecular weight excluding hydrogens is 232 g/mol. The molecule has 2 rings (SSSR count). The van der Waals surface area contributed by atoms with Crippen LogP contribution in [0.3, 0.4) is 0 Å². The summed E-state index contributed by atoms with van der Waals surface area (Å²) < 4.78 is 0. The lowest BCUT2D eigenvalue weighted by atomic mass is 9.75. The second-order valence-corrected chi connectivity index (χ2v) is 7.73. The van der Waals surface area contributed by atoms with Gasteiger partial charge in [0.25, 0.3) is 0 Å². The van der Waals surface area contributed by atoms with Crippen LogP contribution in [0.15, 0.2) is 0 Å². The molecule has 2 nitrogen and oxygen atoms in total. The van der Waals surface area contributed by atoms with Crippen LogP contribution >= 0.6 is 0 Å². The van der Waals surface area contributed by atoms with Gasteiger partial charge in [0, 0.05) is 6.04 Å². The molecule has 19 heavy (non-hydrogen) atoms. The topological polar surface area (TPSA) is 15.3 Å². The van der Waals surface area contributed by atoms with E-state index in [1.54, 1.807) is 0 Å². The molecule has 1 unspecified atom stereocenters. The van der Waals surface area contributed by atoms with Crippen molar-refractivity contribution in [2.75, 3.05) is 26.7 Å². The van der Waals surface area contributed by atoms with E-state index in [1.807, 2.05) is 0 Å². The van der Waals surface area contributed by atoms with E-state index >= 15 is 0 Å². The van der Waals surface area contributed by atoms with Crippen LogP contribution in [-0.2, 0) is 0 Å². The number of nitrogens with zero attached hydrogens (tertiary/aromatic N) is 1. The highest BCUT2D eigenvalue weighted by Gasteiger charge is 2.28. The normalized spacial score (nSPS) is 28.7. The van der Waals surface area contributed by atoms with Gasteiger partial charge in [-0.05, 0) is 89.4 Å². The maximum Gasteiger partial charge on any atom is 0.00926 e. The summed E-state index contributed by atoms with van der Waals surface area (Å²) in [6.45, 7) is 8.68. The van der Waals surface area contributed by atoms with E-state index in [4.69, 9.17) is 0 Å². The second-order valence-electron chi connectivity index (χ2n) is 7.73. The van der Waals surface area contributed by atoms with E-state index < -0.39 is 0 Å². The molecule has 1 saturated heterocycles. The highest BCUT2D eigenvalue weighted by molar-refractivity contribution is 4.83. The van der Waals surface area contributed by atoms with Crippen LogP contribution in [0.1, 0.15) is 65.2 Å². The van der Waals surface area contributed by atoms with Gasteiger partial charge in [0.05, 0.1) is 0 Å². The largest absolute Gasteiger partial charge is 0.316 e. The Bertz CT molecular complexity index is 246. The maximum atomic E-state index is 3.53. The summed E-state index contributed by atoms with van der Waals surface area (Å²) in [5.74, 6) is 0.951. The highest BCUT2D eigenvalue weighted by atomic mass is 15.1. The Morgan fingerprint density at radius 1 is 1.16 bits per heavy atom. The van der Waals surface area contributed by atoms with Gasteiger partial charge in [-0.25, -0.2) is 0 Å². The summed E-state index contributed by atoms with van der Waals surface area (Å²) in [6, 6.07) is 0.859. The lowest BCUT2D eigenvalue weighted by Gasteiger charge is -2.38. The number of hydrogen-bond acceptors (Lipinski definition) is 2. The van der Waals surface area contributed by atoms with E-state index in [0.29, 0.717) is 5.41 Å². The first kappa shape index (κ1) is 15.3. The van der Waals surface area contributed by atoms with Crippen LogP contribution in [0.5, 0.6) is 0 Å². The predicted octanol–water partition coefficient (Wildman–Crippen LogP) is 3.67. The van der Waals surface area contributed by atoms with E-state index in [-0.39, 0.29) is 0 Å². The summed E-state index contributed by atoms with van der Waals surface area (Å²) in [5, 5.41) is 3.53. The fourth-order valence-corrected chi connectivity index (χ4v) is 3.81. The molecule has 0 radical (unpaired) electrons. The molecule has 112 valence electrons. The summed E-state index contributed by atoms with van der Waals surface area (Å²) in [5.41, 5.74) is 0.602. The molecule has 1 N–H and O–H groups in total. The summed E-state index contributed by atoms with van der Waals surface area (Å²) >= 11 is 0. The van der Waals surface area contributed by atoms with Gasteiger partial charge < -0.3 is 10.2 Å². The van der Waals surface area contributed by atoms with Crippen LogP contribution in [0.2, 0.25) is 0 Å². The molecule has 1 saturated carbocycles. The molecule has 0 bridgehead atoms. The van der Waals surface area contributed by atoms with Crippen molar-refractivity contribution >= 4 is 0 Å². The van der Waals surface area contributed by atoms with Crippen molar-refractivity contribution in [1.82, 2.24) is 10.2 Å². The first-order valence-corrected chi connectivity index (χ1v) is 8.48. The molecule has 0 aromatic carbocycles. The zero-order chi connectivity index (χ0) is 13.7. The Kier molecular flexibility index (Phi) is 5.70. The van der Waals surface area contributed by atoms with Gasteiger partial charge in [0.15, 0.2) is 0 Å². The number of nitrogens with one attached hydrogen (secondary N) is 1. The van der Waals surface area contributed by atoms with Crippen molar-refractivity contribution in [1.29, 1.82) is 0 Å². The highest BCUT2D eigenvalue weighted by Crippen LogP contribution is 2.36. The minimum Gasteiger partial charge on any atom is -0.316 e. The quantitative estimate of drug-likeness (QED) is 0.817. The minimum atomic E-state index is 0.602. The van der Waals surface area contributed by atoms with Crippen molar-refractivity contribution in [2.45, 2.75) is 71.3 Å². The number of piperidine rings is 1. The fraction of sp³-hybridized carbons (Fsp3) is 1.00. The van der Waals surface area contributed by atoms with Crippen molar-refractivity contribution < 1.29 is 0 Å². The Balaban J connectivity index is 1.60. The lowest BCUT2D eigenvalue weighted by Crippen LogP contribution is -2.38. The smallest absolute Gasteiger partial charge is 0.00926 e. The van der Waals surface area contributed by atoms with Crippen molar-refractivity contribution in [3.63, 3.8) is 0 Å². The molecule has 1 heterocycles. The zero-order valence-electron chi connectivity index (χ0n) is 13.4. The number of hydrogen-bond donors (Lipinski definition) is 1. The summed E-state index contributed by atoms with van der Waals surface area (Å²) in [6.07, 6.45) is 11.3. The van der Waals surface area contributed by atoms with E-state index in [9.17, 15) is 0 Å². The molecule has 1 atom stereocenters. The van der Waals surface area contributed by atoms with Gasteiger partial charge in [-0.15, -0.1) is 0 Å². The molecule has 0 aromatic rings. The molecule has 1 aliphatic carbocycles. The lowest BCUT2D eigenvalue weighted by molar-refractivity contribution is 0.124. The van der Waals surface area contributed by atoms with Crippen LogP contribution in [0.4, 0.5) is 0 Å². The molecule has 0 spiro atoms. The average Bonchev–Trinajstić information content (AvgIpc) is 2.39. The van der Waals surface area contributed by atoms with E-state index in [2.05, 4.69) is 31.1 Å². The summed E-state index contributed by atoms with van der Waals surface area (Å²) in [4.78, 5) is 2.64. The van der Waals surface area contributed by atoms with E-state index in [0.717, 1.165) is 12.0 Å². The minimum absolute atomic E-state index is 0.602. The van der Waals surface area contributed by atoms with Crippen molar-refractivity contribution in [3.8, 4) is 0 Å². The molecule has 2 aliphatic rings. The summed E-state index contributed by atoms with van der Waals surface area (Å²) in [7, 11) is 2.35. The third kappa shape index (κ3) is 5.07. The first-order chi connectivity index (χ1) is 9.07. The van der Waals surface area contributed by atoms with Crippen LogP contribution in [0, 0.1) is 11.3 Å². The van der Waals surface area contributed by atoms with Gasteiger partial charge in [0.2, 0.25) is 0 Å².